The van der Waals surface area contributed by atoms with Gasteiger partial charge in [-0.1, -0.05) is 58.0 Å². The second-order valence-corrected chi connectivity index (χ2v) is 19.7. The van der Waals surface area contributed by atoms with Crippen molar-refractivity contribution in [2.75, 3.05) is 40.4 Å². The summed E-state index contributed by atoms with van der Waals surface area (Å²) in [5.41, 5.74) is 10.7. The lowest BCUT2D eigenvalue weighted by atomic mass is 9.84. The fourth-order valence-corrected chi connectivity index (χ4v) is 10.4. The van der Waals surface area contributed by atoms with Crippen LogP contribution >= 0.6 is 0 Å². The van der Waals surface area contributed by atoms with E-state index in [1.807, 2.05) is 45.2 Å². The maximum atomic E-state index is 14.7. The number of methoxy groups -OCH3 is 1. The van der Waals surface area contributed by atoms with Gasteiger partial charge in [-0.3, -0.25) is 34.1 Å². The molecule has 2 N–H and O–H groups in total. The summed E-state index contributed by atoms with van der Waals surface area (Å²) in [6.45, 7) is 15.2. The number of ether oxygens (including phenoxy) is 2. The number of cyclic esters (lactones) is 1. The van der Waals surface area contributed by atoms with Gasteiger partial charge in [0, 0.05) is 74.3 Å². The number of benzene rings is 2. The third-order valence-electron chi connectivity index (χ3n) is 13.9. The van der Waals surface area contributed by atoms with Gasteiger partial charge in [-0.05, 0) is 111 Å². The predicted octanol–water partition coefficient (Wildman–Crippen LogP) is 6.71. The van der Waals surface area contributed by atoms with E-state index in [2.05, 4.69) is 77.4 Å². The summed E-state index contributed by atoms with van der Waals surface area (Å²) in [5, 5.41) is 5.71. The van der Waals surface area contributed by atoms with Gasteiger partial charge in [0.2, 0.25) is 11.8 Å². The number of carbonyl (C=O) groups excluding carboxylic acids is 4. The molecule has 2 aromatic heterocycles. The Balaban J connectivity index is 1.18. The van der Waals surface area contributed by atoms with Gasteiger partial charge < -0.3 is 24.3 Å². The molecule has 5 atom stereocenters. The highest BCUT2D eigenvalue weighted by atomic mass is 16.5. The maximum absolute atomic E-state index is 14.7. The molecule has 342 valence electrons. The minimum absolute atomic E-state index is 0.0325. The van der Waals surface area contributed by atoms with E-state index in [4.69, 9.17) is 14.5 Å². The second-order valence-electron chi connectivity index (χ2n) is 19.7. The summed E-state index contributed by atoms with van der Waals surface area (Å²) in [6, 6.07) is 16.9. The average Bonchev–Trinajstić information content (AvgIpc) is 3.95. The Bertz CT molecular complexity index is 2390. The van der Waals surface area contributed by atoms with Crippen LogP contribution in [0.3, 0.4) is 0 Å². The van der Waals surface area contributed by atoms with E-state index >= 15 is 0 Å². The molecule has 4 unspecified atom stereocenters. The van der Waals surface area contributed by atoms with Crippen molar-refractivity contribution in [1.82, 2.24) is 35.1 Å². The molecule has 3 aliphatic heterocycles. The van der Waals surface area contributed by atoms with Crippen LogP contribution in [0.2, 0.25) is 0 Å². The molecule has 4 aliphatic rings. The molecule has 6 bridgehead atoms. The topological polar surface area (TPSA) is 138 Å². The minimum atomic E-state index is -0.983. The molecule has 3 amide bonds. The van der Waals surface area contributed by atoms with E-state index in [0.29, 0.717) is 31.8 Å². The summed E-state index contributed by atoms with van der Waals surface area (Å²) in [6.07, 6.45) is 6.61. The number of carbonyl (C=O) groups is 4. The van der Waals surface area contributed by atoms with Gasteiger partial charge in [0.05, 0.1) is 30.0 Å². The molecule has 3 fully saturated rings. The van der Waals surface area contributed by atoms with Crippen LogP contribution in [0.4, 0.5) is 0 Å². The summed E-state index contributed by atoms with van der Waals surface area (Å²) in [7, 11) is 3.42. The van der Waals surface area contributed by atoms with E-state index < -0.39 is 29.5 Å². The Kier molecular flexibility index (Phi) is 13.3. The Labute approximate surface area is 378 Å². The first-order valence-corrected chi connectivity index (χ1v) is 23.5. The molecule has 8 rings (SSSR count). The Morgan fingerprint density at radius 3 is 2.53 bits per heavy atom. The molecule has 2 aromatic carbocycles. The van der Waals surface area contributed by atoms with Crippen molar-refractivity contribution < 1.29 is 28.7 Å². The Morgan fingerprint density at radius 1 is 1.02 bits per heavy atom. The number of hydrazine groups is 1. The fourth-order valence-electron chi connectivity index (χ4n) is 10.4. The summed E-state index contributed by atoms with van der Waals surface area (Å²) in [4.78, 5) is 65.9. The van der Waals surface area contributed by atoms with Crippen LogP contribution < -0.4 is 10.7 Å². The van der Waals surface area contributed by atoms with Gasteiger partial charge in [-0.25, -0.2) is 5.43 Å². The number of esters is 1. The zero-order chi connectivity index (χ0) is 45.4. The fraction of sp³-hybridized carbons (Fsp3) is 0.549. The monoisotopic (exact) mass is 874 g/mol. The first kappa shape index (κ1) is 45.5. The van der Waals surface area contributed by atoms with Crippen LogP contribution in [0, 0.1) is 17.3 Å². The van der Waals surface area contributed by atoms with Crippen molar-refractivity contribution in [1.29, 1.82) is 0 Å². The standard InChI is InChI=1S/C51H67N7O6/c1-9-57-43-20-17-35-27-39(43)40(46(57)38-15-11-22-52-44(38)32(4)63-8)28-51(5,6)30-64-50(62)41-16-12-23-58(54-41)49(61)42(26-33-13-10-14-34(35)25-33)53-47(59)45(31(2)3)55(7)48(60)36-21-24-56(29-36)37-18-19-37/h10-11,13-15,17,20,22,25,27,31-32,36-37,41-42,45,54H,9,12,16,18-19,21,23-24,26,28-30H2,1-8H3,(H,53,59)/t32?,36?,41-,42?,45?/m0/s1. The van der Waals surface area contributed by atoms with Gasteiger partial charge in [0.1, 0.15) is 18.1 Å². The van der Waals surface area contributed by atoms with Crippen molar-refractivity contribution in [2.45, 2.75) is 123 Å². The van der Waals surface area contributed by atoms with Crippen LogP contribution in [-0.4, -0.2) is 113 Å². The van der Waals surface area contributed by atoms with E-state index in [-0.39, 0.29) is 48.7 Å². The SMILES string of the molecule is CCn1c(-c2cccnc2C(C)OC)c2c3cc(ccc31)-c1cccc(c1)CC(NC(=O)C(C(C)C)N(C)C(=O)C1CCN(C3CC3)C1)C(=O)N1CCC[C@H](N1)C(=O)OCC(C)(C)C2. The van der Waals surface area contributed by atoms with Gasteiger partial charge in [-0.2, -0.15) is 0 Å². The predicted molar refractivity (Wildman–Crippen MR) is 248 cm³/mol. The minimum Gasteiger partial charge on any atom is -0.464 e. The zero-order valence-corrected chi connectivity index (χ0v) is 39.0. The van der Waals surface area contributed by atoms with Crippen molar-refractivity contribution in [2.24, 2.45) is 17.3 Å². The number of nitrogens with one attached hydrogen (secondary N) is 2. The molecule has 5 heterocycles. The zero-order valence-electron chi connectivity index (χ0n) is 39.0. The highest BCUT2D eigenvalue weighted by molar-refractivity contribution is 5.96. The molecule has 2 saturated heterocycles. The van der Waals surface area contributed by atoms with Crippen molar-refractivity contribution in [3.8, 4) is 22.4 Å². The molecule has 1 saturated carbocycles. The number of nitrogens with zero attached hydrogens (tertiary/aromatic N) is 5. The lowest BCUT2D eigenvalue weighted by molar-refractivity contribution is -0.155. The number of likely N-dealkylation sites (N-methyl/N-ethyl adjacent to an activating group) is 1. The maximum Gasteiger partial charge on any atom is 0.324 e. The number of likely N-dealkylation sites (tertiary alicyclic amines) is 1. The van der Waals surface area contributed by atoms with Crippen LogP contribution in [0.15, 0.2) is 60.8 Å². The number of aromatic nitrogens is 2. The largest absolute Gasteiger partial charge is 0.464 e. The molecule has 4 aromatic rings. The second kappa shape index (κ2) is 18.8. The molecule has 1 aliphatic carbocycles. The average molecular weight is 874 g/mol. The third-order valence-corrected chi connectivity index (χ3v) is 13.9. The number of rotatable bonds is 10. The van der Waals surface area contributed by atoms with Crippen molar-refractivity contribution in [3.63, 3.8) is 0 Å². The number of fused-ring (bicyclic) bond motifs is 6. The lowest BCUT2D eigenvalue weighted by Crippen LogP contribution is -2.62. The molecular formula is C51H67N7O6. The lowest BCUT2D eigenvalue weighted by Gasteiger charge is -2.37. The molecule has 0 spiro atoms. The number of pyridine rings is 1. The summed E-state index contributed by atoms with van der Waals surface area (Å²) >= 11 is 0. The van der Waals surface area contributed by atoms with Crippen LogP contribution in [0.25, 0.3) is 33.3 Å². The van der Waals surface area contributed by atoms with Crippen LogP contribution in [0.1, 0.15) is 96.6 Å². The number of hydrogen-bond donors (Lipinski definition) is 2. The van der Waals surface area contributed by atoms with Crippen molar-refractivity contribution in [3.05, 3.63) is 77.6 Å². The van der Waals surface area contributed by atoms with Gasteiger partial charge >= 0.3 is 5.97 Å². The van der Waals surface area contributed by atoms with Gasteiger partial charge in [-0.15, -0.1) is 0 Å². The van der Waals surface area contributed by atoms with Gasteiger partial charge in [0.15, 0.2) is 0 Å². The first-order valence-electron chi connectivity index (χ1n) is 23.5. The molecule has 0 radical (unpaired) electrons. The number of aryl methyl sites for hydroxylation is 1. The highest BCUT2D eigenvalue weighted by Crippen LogP contribution is 2.42. The normalized spacial score (nSPS) is 22.8. The number of hydrogen-bond acceptors (Lipinski definition) is 9. The Morgan fingerprint density at radius 2 is 1.80 bits per heavy atom. The molecule has 13 nitrogen and oxygen atoms in total. The third kappa shape index (κ3) is 9.35. The Hall–Kier alpha value is -5.11. The van der Waals surface area contributed by atoms with E-state index in [0.717, 1.165) is 76.2 Å². The van der Waals surface area contributed by atoms with E-state index in [9.17, 15) is 19.2 Å². The van der Waals surface area contributed by atoms with Crippen LogP contribution in [-0.2, 0) is 48.0 Å². The molecule has 64 heavy (non-hydrogen) atoms. The van der Waals surface area contributed by atoms with Crippen LogP contribution in [0.5, 0.6) is 0 Å². The van der Waals surface area contributed by atoms with Gasteiger partial charge in [0.25, 0.3) is 5.91 Å². The quantitative estimate of drug-likeness (QED) is 0.167. The molecule has 13 heteroatoms. The first-order chi connectivity index (χ1) is 30.7. The van der Waals surface area contributed by atoms with E-state index in [1.54, 1.807) is 19.1 Å². The highest BCUT2D eigenvalue weighted by Gasteiger charge is 2.42. The van der Waals surface area contributed by atoms with E-state index in [1.165, 1.54) is 17.9 Å². The smallest absolute Gasteiger partial charge is 0.324 e. The molecular weight excluding hydrogens is 807 g/mol. The summed E-state index contributed by atoms with van der Waals surface area (Å²) in [5.74, 6) is -1.54. The van der Waals surface area contributed by atoms with Crippen molar-refractivity contribution >= 4 is 34.6 Å². The summed E-state index contributed by atoms with van der Waals surface area (Å²) < 4.78 is 14.3. The number of amides is 3.